The molecule has 3 heteroatoms. The van der Waals surface area contributed by atoms with E-state index < -0.39 is 0 Å². The largest absolute Gasteiger partial charge is 0.247 e. The monoisotopic (exact) mass is 246 g/mol. The topological polar surface area (TPSA) is 9.23 Å². The Morgan fingerprint density at radius 1 is 0.733 bits per heavy atom. The Bertz CT molecular complexity index is 145. The van der Waals surface area contributed by atoms with Crippen LogP contribution in [0.5, 0.6) is 0 Å². The summed E-state index contributed by atoms with van der Waals surface area (Å²) in [5.74, 6) is 4.33. The van der Waals surface area contributed by atoms with E-state index in [4.69, 9.17) is 3.63 Å². The van der Waals surface area contributed by atoms with Crippen molar-refractivity contribution < 1.29 is 3.63 Å². The molecule has 0 amide bonds. The Morgan fingerprint density at radius 2 is 1.13 bits per heavy atom. The van der Waals surface area contributed by atoms with E-state index in [9.17, 15) is 0 Å². The average molecular weight is 246 g/mol. The molecular formula is C12H22OS2. The van der Waals surface area contributed by atoms with Crippen molar-refractivity contribution in [2.24, 2.45) is 11.8 Å². The van der Waals surface area contributed by atoms with Crippen LogP contribution in [0.4, 0.5) is 0 Å². The van der Waals surface area contributed by atoms with Gasteiger partial charge in [-0.25, -0.2) is 3.63 Å². The van der Waals surface area contributed by atoms with Crippen LogP contribution in [0.2, 0.25) is 0 Å². The summed E-state index contributed by atoms with van der Waals surface area (Å²) < 4.78 is 5.59. The van der Waals surface area contributed by atoms with Gasteiger partial charge in [-0.15, -0.1) is 0 Å². The summed E-state index contributed by atoms with van der Waals surface area (Å²) in [6.45, 7) is 0. The Kier molecular flexibility index (Phi) is 5.72. The highest BCUT2D eigenvalue weighted by Gasteiger charge is 2.17. The van der Waals surface area contributed by atoms with Crippen LogP contribution in [-0.2, 0) is 3.63 Å². The molecule has 15 heavy (non-hydrogen) atoms. The van der Waals surface area contributed by atoms with Crippen molar-refractivity contribution in [3.63, 3.8) is 0 Å². The van der Waals surface area contributed by atoms with E-state index in [-0.39, 0.29) is 0 Å². The summed E-state index contributed by atoms with van der Waals surface area (Å²) >= 11 is 3.39. The highest BCUT2D eigenvalue weighted by molar-refractivity contribution is 8.07. The van der Waals surface area contributed by atoms with Crippen molar-refractivity contribution in [1.29, 1.82) is 0 Å². The Balaban J connectivity index is 1.41. The lowest BCUT2D eigenvalue weighted by molar-refractivity contribution is 0.599. The molecule has 0 bridgehead atoms. The molecule has 0 saturated heterocycles. The molecule has 0 heterocycles. The van der Waals surface area contributed by atoms with Crippen LogP contribution in [0, 0.1) is 11.8 Å². The van der Waals surface area contributed by atoms with Crippen LogP contribution < -0.4 is 0 Å². The summed E-state index contributed by atoms with van der Waals surface area (Å²) in [5, 5.41) is 0. The molecule has 0 radical (unpaired) electrons. The molecule has 0 unspecified atom stereocenters. The third-order valence-electron chi connectivity index (χ3n) is 3.65. The molecule has 2 aliphatic carbocycles. The van der Waals surface area contributed by atoms with Crippen molar-refractivity contribution in [1.82, 2.24) is 0 Å². The standard InChI is InChI=1S/C12H22OS2/c1-2-6-11(5-1)9-14-13-15-10-12-7-3-4-8-12/h11-12H,1-10H2. The molecular weight excluding hydrogens is 224 g/mol. The minimum absolute atomic E-state index is 0.946. The van der Waals surface area contributed by atoms with Crippen LogP contribution in [0.25, 0.3) is 0 Å². The van der Waals surface area contributed by atoms with Gasteiger partial charge in [-0.1, -0.05) is 25.7 Å². The van der Waals surface area contributed by atoms with Gasteiger partial charge in [-0.2, -0.15) is 0 Å². The second-order valence-electron chi connectivity index (χ2n) is 4.94. The SMILES string of the molecule is C1CCC(CSOSCC2CCCC2)C1. The van der Waals surface area contributed by atoms with Gasteiger partial charge in [0.25, 0.3) is 0 Å². The zero-order valence-electron chi connectivity index (χ0n) is 9.45. The van der Waals surface area contributed by atoms with Crippen LogP contribution >= 0.6 is 24.1 Å². The molecule has 0 atom stereocenters. The highest BCUT2D eigenvalue weighted by atomic mass is 32.2. The third kappa shape index (κ3) is 4.58. The fourth-order valence-corrected chi connectivity index (χ4v) is 4.40. The maximum Gasteiger partial charge on any atom is 0.0238 e. The first kappa shape index (κ1) is 12.1. The molecule has 0 aliphatic heterocycles. The fraction of sp³-hybridized carbons (Fsp3) is 1.00. The third-order valence-corrected chi connectivity index (χ3v) is 5.64. The molecule has 0 aromatic carbocycles. The molecule has 1 nitrogen and oxygen atoms in total. The first-order valence-corrected chi connectivity index (χ1v) is 8.18. The molecule has 0 aromatic heterocycles. The zero-order valence-corrected chi connectivity index (χ0v) is 11.1. The van der Waals surface area contributed by atoms with Gasteiger partial charge in [-0.3, -0.25) is 0 Å². The minimum atomic E-state index is 0.946. The van der Waals surface area contributed by atoms with E-state index in [0.717, 1.165) is 11.8 Å². The Hall–Kier alpha value is 0.660. The number of hydrogen-bond acceptors (Lipinski definition) is 3. The molecule has 88 valence electrons. The first-order valence-electron chi connectivity index (χ1n) is 6.36. The van der Waals surface area contributed by atoms with Crippen LogP contribution in [0.15, 0.2) is 0 Å². The van der Waals surface area contributed by atoms with E-state index in [1.165, 1.54) is 62.9 Å². The lowest BCUT2D eigenvalue weighted by Gasteiger charge is -2.09. The van der Waals surface area contributed by atoms with Crippen molar-refractivity contribution in [3.05, 3.63) is 0 Å². The lowest BCUT2D eigenvalue weighted by Crippen LogP contribution is -1.98. The summed E-state index contributed by atoms with van der Waals surface area (Å²) in [6.07, 6.45) is 11.5. The van der Waals surface area contributed by atoms with Gasteiger partial charge >= 0.3 is 0 Å². The van der Waals surface area contributed by atoms with Gasteiger partial charge in [0.05, 0.1) is 0 Å². The molecule has 2 saturated carbocycles. The van der Waals surface area contributed by atoms with Crippen LogP contribution in [0.1, 0.15) is 51.4 Å². The summed E-state index contributed by atoms with van der Waals surface area (Å²) in [4.78, 5) is 0. The summed E-state index contributed by atoms with van der Waals surface area (Å²) in [6, 6.07) is 0. The van der Waals surface area contributed by atoms with Crippen molar-refractivity contribution in [2.45, 2.75) is 51.4 Å². The molecule has 2 rings (SSSR count). The van der Waals surface area contributed by atoms with Gasteiger partial charge in [0.15, 0.2) is 0 Å². The Labute approximate surface area is 103 Å². The minimum Gasteiger partial charge on any atom is -0.247 e. The second kappa shape index (κ2) is 7.08. The van der Waals surface area contributed by atoms with Gasteiger partial charge < -0.3 is 0 Å². The number of rotatable bonds is 6. The normalized spacial score (nSPS) is 24.0. The number of hydrogen-bond donors (Lipinski definition) is 0. The first-order chi connectivity index (χ1) is 7.45. The molecule has 0 spiro atoms. The van der Waals surface area contributed by atoms with Crippen molar-refractivity contribution in [3.8, 4) is 0 Å². The van der Waals surface area contributed by atoms with Crippen molar-refractivity contribution >= 4 is 24.1 Å². The van der Waals surface area contributed by atoms with E-state index in [0.29, 0.717) is 0 Å². The van der Waals surface area contributed by atoms with Gasteiger partial charge in [0.1, 0.15) is 0 Å². The maximum atomic E-state index is 5.59. The second-order valence-corrected chi connectivity index (χ2v) is 6.62. The average Bonchev–Trinajstić information content (AvgIpc) is 2.88. The summed E-state index contributed by atoms with van der Waals surface area (Å²) in [7, 11) is 0. The van der Waals surface area contributed by atoms with Gasteiger partial charge in [0.2, 0.25) is 0 Å². The quantitative estimate of drug-likeness (QED) is 0.497. The fourth-order valence-electron chi connectivity index (χ4n) is 2.64. The molecule has 2 fully saturated rings. The van der Waals surface area contributed by atoms with Gasteiger partial charge in [0, 0.05) is 35.6 Å². The highest BCUT2D eigenvalue weighted by Crippen LogP contribution is 2.32. The maximum absolute atomic E-state index is 5.59. The molecule has 2 aliphatic rings. The van der Waals surface area contributed by atoms with E-state index in [1.807, 2.05) is 0 Å². The molecule has 0 N–H and O–H groups in total. The molecule has 0 aromatic rings. The van der Waals surface area contributed by atoms with Gasteiger partial charge in [-0.05, 0) is 37.5 Å². The van der Waals surface area contributed by atoms with Crippen LogP contribution in [-0.4, -0.2) is 11.5 Å². The van der Waals surface area contributed by atoms with Crippen LogP contribution in [0.3, 0.4) is 0 Å². The van der Waals surface area contributed by atoms with E-state index in [2.05, 4.69) is 0 Å². The smallest absolute Gasteiger partial charge is 0.0238 e. The zero-order chi connectivity index (χ0) is 10.3. The predicted octanol–water partition coefficient (Wildman–Crippen LogP) is 4.68. The summed E-state index contributed by atoms with van der Waals surface area (Å²) in [5.41, 5.74) is 0. The Morgan fingerprint density at radius 3 is 1.53 bits per heavy atom. The van der Waals surface area contributed by atoms with Crippen molar-refractivity contribution in [2.75, 3.05) is 11.5 Å². The van der Waals surface area contributed by atoms with E-state index in [1.54, 1.807) is 24.1 Å². The lowest BCUT2D eigenvalue weighted by atomic mass is 10.1. The predicted molar refractivity (Wildman–Crippen MR) is 69.9 cm³/mol. The van der Waals surface area contributed by atoms with E-state index >= 15 is 0 Å².